The maximum atomic E-state index is 13.3. The second kappa shape index (κ2) is 4.97. The van der Waals surface area contributed by atoms with Gasteiger partial charge in [0.2, 0.25) is 0 Å². The fourth-order valence-corrected chi connectivity index (χ4v) is 1.25. The van der Waals surface area contributed by atoms with E-state index in [-0.39, 0.29) is 5.56 Å². The molecule has 0 aromatic heterocycles. The molecular formula is C10H7BrF3NO3. The van der Waals surface area contributed by atoms with Crippen LogP contribution in [0.25, 0.3) is 0 Å². The summed E-state index contributed by atoms with van der Waals surface area (Å²) in [5.41, 5.74) is -1.16. The minimum absolute atomic E-state index is 0.287. The van der Waals surface area contributed by atoms with Gasteiger partial charge in [0.15, 0.2) is 17.3 Å². The largest absolute Gasteiger partial charge is 0.505 e. The Morgan fingerprint density at radius 2 is 1.94 bits per heavy atom. The lowest BCUT2D eigenvalue weighted by molar-refractivity contribution is -0.128. The standard InChI is InChI=1S/C10H7BrF3NO3/c1-4(16)5-2-3-6(12)7(8(5)17)15-9(18)10(11,13)14/h2-3,17H,1H3,(H,15,18). The molecule has 0 fully saturated rings. The second-order valence-electron chi connectivity index (χ2n) is 3.33. The van der Waals surface area contributed by atoms with Crippen molar-refractivity contribution < 1.29 is 27.9 Å². The zero-order chi connectivity index (χ0) is 14.1. The molecule has 0 bridgehead atoms. The van der Waals surface area contributed by atoms with E-state index in [1.165, 1.54) is 5.32 Å². The van der Waals surface area contributed by atoms with Crippen LogP contribution in [-0.2, 0) is 4.79 Å². The van der Waals surface area contributed by atoms with E-state index in [0.29, 0.717) is 0 Å². The number of Topliss-reactive ketones (excluding diaryl/α,β-unsaturated/α-hetero) is 1. The van der Waals surface area contributed by atoms with E-state index >= 15 is 0 Å². The van der Waals surface area contributed by atoms with E-state index in [9.17, 15) is 27.9 Å². The topological polar surface area (TPSA) is 66.4 Å². The van der Waals surface area contributed by atoms with Gasteiger partial charge in [-0.2, -0.15) is 8.78 Å². The van der Waals surface area contributed by atoms with Gasteiger partial charge in [-0.25, -0.2) is 4.39 Å². The van der Waals surface area contributed by atoms with Crippen molar-refractivity contribution in [3.05, 3.63) is 23.5 Å². The first-order chi connectivity index (χ1) is 8.14. The number of benzene rings is 1. The van der Waals surface area contributed by atoms with Crippen molar-refractivity contribution >= 4 is 33.3 Å². The second-order valence-corrected chi connectivity index (χ2v) is 4.32. The average Bonchev–Trinajstić information content (AvgIpc) is 2.21. The number of halogens is 4. The molecule has 1 rings (SSSR count). The highest BCUT2D eigenvalue weighted by Crippen LogP contribution is 2.33. The molecule has 0 heterocycles. The van der Waals surface area contributed by atoms with Crippen LogP contribution in [-0.4, -0.2) is 21.6 Å². The van der Waals surface area contributed by atoms with E-state index in [0.717, 1.165) is 19.1 Å². The quantitative estimate of drug-likeness (QED) is 0.510. The third kappa shape index (κ3) is 3.00. The molecule has 0 atom stereocenters. The van der Waals surface area contributed by atoms with Crippen molar-refractivity contribution in [2.24, 2.45) is 0 Å². The number of phenols is 1. The Balaban J connectivity index is 3.21. The van der Waals surface area contributed by atoms with Crippen LogP contribution in [0.3, 0.4) is 0 Å². The number of amides is 1. The van der Waals surface area contributed by atoms with Crippen LogP contribution in [0.2, 0.25) is 0 Å². The average molecular weight is 326 g/mol. The van der Waals surface area contributed by atoms with Crippen molar-refractivity contribution in [1.82, 2.24) is 0 Å². The lowest BCUT2D eigenvalue weighted by atomic mass is 10.1. The molecule has 1 amide bonds. The van der Waals surface area contributed by atoms with Crippen molar-refractivity contribution in [1.29, 1.82) is 0 Å². The number of hydrogen-bond donors (Lipinski definition) is 2. The zero-order valence-corrected chi connectivity index (χ0v) is 10.5. The summed E-state index contributed by atoms with van der Waals surface area (Å²) < 4.78 is 38.4. The van der Waals surface area contributed by atoms with E-state index < -0.39 is 33.8 Å². The van der Waals surface area contributed by atoms with Crippen LogP contribution in [0.15, 0.2) is 12.1 Å². The highest BCUT2D eigenvalue weighted by molar-refractivity contribution is 9.10. The highest BCUT2D eigenvalue weighted by atomic mass is 79.9. The molecule has 4 nitrogen and oxygen atoms in total. The lowest BCUT2D eigenvalue weighted by Gasteiger charge is -2.13. The van der Waals surface area contributed by atoms with Crippen LogP contribution in [0, 0.1) is 5.82 Å². The minimum Gasteiger partial charge on any atom is -0.505 e. The summed E-state index contributed by atoms with van der Waals surface area (Å²) in [5.74, 6) is -4.50. The van der Waals surface area contributed by atoms with Gasteiger partial charge in [-0.05, 0) is 19.1 Å². The number of hydrogen-bond acceptors (Lipinski definition) is 3. The van der Waals surface area contributed by atoms with Gasteiger partial charge in [0.1, 0.15) is 5.69 Å². The molecular weight excluding hydrogens is 319 g/mol. The summed E-state index contributed by atoms with van der Waals surface area (Å²) in [4.78, 5) is 18.1. The fourth-order valence-electron chi connectivity index (χ4n) is 1.15. The zero-order valence-electron chi connectivity index (χ0n) is 8.93. The Hall–Kier alpha value is -1.57. The lowest BCUT2D eigenvalue weighted by Crippen LogP contribution is -2.29. The number of carbonyl (C=O) groups is 2. The normalized spacial score (nSPS) is 11.2. The van der Waals surface area contributed by atoms with Gasteiger partial charge >= 0.3 is 10.7 Å². The van der Waals surface area contributed by atoms with Crippen LogP contribution < -0.4 is 5.32 Å². The van der Waals surface area contributed by atoms with Gasteiger partial charge in [-0.1, -0.05) is 0 Å². The minimum atomic E-state index is -3.92. The molecule has 0 saturated heterocycles. The molecule has 0 saturated carbocycles. The van der Waals surface area contributed by atoms with Gasteiger partial charge in [-0.3, -0.25) is 9.59 Å². The molecule has 0 spiro atoms. The Bertz CT molecular complexity index is 514. The van der Waals surface area contributed by atoms with Crippen molar-refractivity contribution in [2.75, 3.05) is 5.32 Å². The third-order valence-electron chi connectivity index (χ3n) is 2.00. The molecule has 2 N–H and O–H groups in total. The summed E-state index contributed by atoms with van der Waals surface area (Å²) in [6.07, 6.45) is 0. The molecule has 98 valence electrons. The first-order valence-corrected chi connectivity index (χ1v) is 5.34. The first kappa shape index (κ1) is 14.5. The summed E-state index contributed by atoms with van der Waals surface area (Å²) in [7, 11) is 0. The SMILES string of the molecule is CC(=O)c1ccc(F)c(NC(=O)C(F)(F)Br)c1O. The predicted octanol–water partition coefficient (Wildman–Crippen LogP) is 2.66. The van der Waals surface area contributed by atoms with Gasteiger partial charge < -0.3 is 10.4 Å². The first-order valence-electron chi connectivity index (χ1n) is 4.55. The highest BCUT2D eigenvalue weighted by Gasteiger charge is 2.36. The molecule has 8 heteroatoms. The number of phenolic OH excluding ortho intramolecular Hbond substituents is 1. The van der Waals surface area contributed by atoms with Gasteiger partial charge in [0.25, 0.3) is 0 Å². The van der Waals surface area contributed by atoms with Gasteiger partial charge in [0.05, 0.1) is 5.56 Å². The van der Waals surface area contributed by atoms with E-state index in [1.807, 2.05) is 0 Å². The van der Waals surface area contributed by atoms with Crippen molar-refractivity contribution in [3.8, 4) is 5.75 Å². The number of aromatic hydroxyl groups is 1. The fraction of sp³-hybridized carbons (Fsp3) is 0.200. The van der Waals surface area contributed by atoms with Crippen molar-refractivity contribution in [3.63, 3.8) is 0 Å². The third-order valence-corrected chi connectivity index (χ3v) is 2.36. The number of ketones is 1. The monoisotopic (exact) mass is 325 g/mol. The van der Waals surface area contributed by atoms with Crippen molar-refractivity contribution in [2.45, 2.75) is 11.8 Å². The number of carbonyl (C=O) groups excluding carboxylic acids is 2. The van der Waals surface area contributed by atoms with E-state index in [2.05, 4.69) is 0 Å². The Labute approximate surface area is 108 Å². The smallest absolute Gasteiger partial charge is 0.378 e. The molecule has 1 aromatic carbocycles. The number of rotatable bonds is 3. The summed E-state index contributed by atoms with van der Waals surface area (Å²) in [6.45, 7) is 1.09. The molecule has 0 aliphatic heterocycles. The van der Waals surface area contributed by atoms with Crippen LogP contribution in [0.4, 0.5) is 18.9 Å². The number of anilines is 1. The maximum absolute atomic E-state index is 13.3. The molecule has 1 aromatic rings. The summed E-state index contributed by atoms with van der Waals surface area (Å²) >= 11 is 1.78. The molecule has 0 unspecified atom stereocenters. The van der Waals surface area contributed by atoms with E-state index in [4.69, 9.17) is 0 Å². The molecule has 18 heavy (non-hydrogen) atoms. The van der Waals surface area contributed by atoms with E-state index in [1.54, 1.807) is 15.9 Å². The number of nitrogens with one attached hydrogen (secondary N) is 1. The summed E-state index contributed by atoms with van der Waals surface area (Å²) in [6, 6.07) is 1.76. The van der Waals surface area contributed by atoms with Crippen LogP contribution in [0.5, 0.6) is 5.75 Å². The Morgan fingerprint density at radius 1 is 1.39 bits per heavy atom. The van der Waals surface area contributed by atoms with Crippen LogP contribution >= 0.6 is 15.9 Å². The van der Waals surface area contributed by atoms with Gasteiger partial charge in [-0.15, -0.1) is 0 Å². The Morgan fingerprint density at radius 3 is 2.39 bits per heavy atom. The molecule has 0 aliphatic rings. The predicted molar refractivity (Wildman–Crippen MR) is 60.6 cm³/mol. The molecule has 0 radical (unpaired) electrons. The Kier molecular flexibility index (Phi) is 4.00. The molecule has 0 aliphatic carbocycles. The summed E-state index contributed by atoms with van der Waals surface area (Å²) in [5, 5.41) is 11.0. The maximum Gasteiger partial charge on any atom is 0.378 e. The van der Waals surface area contributed by atoms with Gasteiger partial charge in [0, 0.05) is 15.9 Å². The number of alkyl halides is 3. The van der Waals surface area contributed by atoms with Crippen LogP contribution in [0.1, 0.15) is 17.3 Å².